The molecule has 0 saturated heterocycles. The maximum absolute atomic E-state index is 13.6. The molecule has 716 valence electrons. The van der Waals surface area contributed by atoms with Gasteiger partial charge in [0.1, 0.15) is 55.9 Å². The number of imidazole rings is 7. The number of pyridine rings is 6. The Bertz CT molecular complexity index is 8690. The Morgan fingerprint density at radius 1 is 0.406 bits per heavy atom. The number of carbonyl (C=O) groups is 5. The van der Waals surface area contributed by atoms with Gasteiger partial charge in [0, 0.05) is 95.0 Å². The van der Waals surface area contributed by atoms with Crippen molar-refractivity contribution in [3.05, 3.63) is 401 Å². The average Bonchev–Trinajstić information content (AvgIpc) is 1.64. The second-order valence-corrected chi connectivity index (χ2v) is 38.8. The Kier molecular flexibility index (Phi) is 28.1. The van der Waals surface area contributed by atoms with Crippen molar-refractivity contribution in [1.29, 1.82) is 0 Å². The van der Waals surface area contributed by atoms with Gasteiger partial charge in [-0.3, -0.25) is 28.4 Å². The summed E-state index contributed by atoms with van der Waals surface area (Å²) in [5, 5.41) is 9.83. The molecule has 1 N–H and O–H groups in total. The van der Waals surface area contributed by atoms with Crippen LogP contribution in [-0.4, -0.2) is 135 Å². The molecule has 5 aromatic carbocycles. The van der Waals surface area contributed by atoms with E-state index in [4.69, 9.17) is 41.3 Å². The largest absolute Gasteiger partial charge is 0.497 e. The van der Waals surface area contributed by atoms with E-state index in [-0.39, 0.29) is 75.8 Å². The zero-order chi connectivity index (χ0) is 100. The molecule has 0 aliphatic heterocycles. The topological polar surface area (TPSA) is 309 Å². The highest BCUT2D eigenvalue weighted by molar-refractivity contribution is 7.79. The number of hydrogen-bond acceptors (Lipinski definition) is 20. The third-order valence-corrected chi connectivity index (χ3v) is 28.0. The van der Waals surface area contributed by atoms with Crippen molar-refractivity contribution in [1.82, 2.24) is 90.0 Å². The number of nitrogens with zero attached hydrogens (tertiary/aromatic N) is 19. The first-order chi connectivity index (χ1) is 68.8. The van der Waals surface area contributed by atoms with Crippen molar-refractivity contribution in [2.24, 2.45) is 7.05 Å². The van der Waals surface area contributed by atoms with E-state index in [1.807, 2.05) is 305 Å². The Labute approximate surface area is 839 Å². The lowest BCUT2D eigenvalue weighted by Gasteiger charge is -2.07. The normalized spacial score (nSPS) is 11.5. The first kappa shape index (κ1) is 97.1. The van der Waals surface area contributed by atoms with E-state index >= 15 is 0 Å². The second-order valence-electron chi connectivity index (χ2n) is 35.8. The van der Waals surface area contributed by atoms with Crippen LogP contribution < -0.4 is 4.74 Å². The monoisotopic (exact) mass is 1970 g/mol. The van der Waals surface area contributed by atoms with Gasteiger partial charge in [0.2, 0.25) is 0 Å². The number of aryl methyl sites for hydroxylation is 14. The molecule has 143 heavy (non-hydrogen) atoms. The molecule has 27 nitrogen and oxygen atoms in total. The van der Waals surface area contributed by atoms with Gasteiger partial charge in [-0.05, 0) is 208 Å². The van der Waals surface area contributed by atoms with E-state index in [0.29, 0.717) is 33.2 Å². The van der Waals surface area contributed by atoms with Gasteiger partial charge >= 0.3 is 0 Å². The lowest BCUT2D eigenvalue weighted by Crippen LogP contribution is -2.11. The fraction of sp³-hybridized carbons (Fsp3) is 0.179. The molecule has 0 radical (unpaired) electrons. The molecule has 17 aromatic heterocycles. The second kappa shape index (κ2) is 41.4. The van der Waals surface area contributed by atoms with Gasteiger partial charge in [-0.25, -0.2) is 48.6 Å². The van der Waals surface area contributed by atoms with Crippen molar-refractivity contribution in [2.75, 3.05) is 7.11 Å². The number of benzene rings is 5. The summed E-state index contributed by atoms with van der Waals surface area (Å²) in [5.74, 6) is 0.555. The quantitative estimate of drug-likeness (QED) is 0.0487. The zero-order valence-corrected chi connectivity index (χ0v) is 84.5. The van der Waals surface area contributed by atoms with Crippen molar-refractivity contribution in [2.45, 2.75) is 127 Å². The minimum atomic E-state index is -2.23. The van der Waals surface area contributed by atoms with E-state index in [1.54, 1.807) is 34.9 Å². The van der Waals surface area contributed by atoms with E-state index in [1.165, 1.54) is 16.5 Å². The fourth-order valence-electron chi connectivity index (χ4n) is 17.4. The summed E-state index contributed by atoms with van der Waals surface area (Å²) in [6.45, 7) is 25.9. The van der Waals surface area contributed by atoms with Crippen molar-refractivity contribution >= 4 is 114 Å². The summed E-state index contributed by atoms with van der Waals surface area (Å²) in [4.78, 5) is 104. The van der Waals surface area contributed by atoms with Crippen LogP contribution >= 0.6 is 34.5 Å². The van der Waals surface area contributed by atoms with Gasteiger partial charge in [0.15, 0.2) is 45.6 Å². The summed E-state index contributed by atoms with van der Waals surface area (Å²) in [6, 6.07) is 68.1. The van der Waals surface area contributed by atoms with E-state index < -0.39 is 11.1 Å². The lowest BCUT2D eigenvalue weighted by molar-refractivity contribution is 0.0978. The molecule has 17 heterocycles. The molecular formula is C112H100ClN19O8S3. The number of Topliss-reactive ketones (excluding diaryl/α,β-unsaturated/α-hetero) is 5. The van der Waals surface area contributed by atoms with Crippen LogP contribution in [0.15, 0.2) is 272 Å². The minimum absolute atomic E-state index is 0.0118. The van der Waals surface area contributed by atoms with E-state index in [9.17, 15) is 32.7 Å². The van der Waals surface area contributed by atoms with Crippen LogP contribution in [0.1, 0.15) is 152 Å². The van der Waals surface area contributed by atoms with Crippen LogP contribution in [0.5, 0.6) is 5.75 Å². The number of aromatic nitrogens is 19. The van der Waals surface area contributed by atoms with E-state index in [2.05, 4.69) is 92.0 Å². The third kappa shape index (κ3) is 20.8. The summed E-state index contributed by atoms with van der Waals surface area (Å²) >= 11 is 6.19. The van der Waals surface area contributed by atoms with Crippen LogP contribution in [-0.2, 0) is 50.2 Å². The number of carbonyl (C=O) groups excluding carboxylic acids is 5. The average molecular weight is 1970 g/mol. The van der Waals surface area contributed by atoms with Crippen LogP contribution in [0.25, 0.3) is 95.8 Å². The number of rotatable bonds is 22. The predicted octanol–water partition coefficient (Wildman–Crippen LogP) is 22.7. The number of hydrogen-bond donors (Lipinski definition) is 1. The number of ether oxygens (including phenoxy) is 1. The van der Waals surface area contributed by atoms with Gasteiger partial charge in [-0.1, -0.05) is 166 Å². The van der Waals surface area contributed by atoms with Gasteiger partial charge in [-0.15, -0.1) is 16.4 Å². The molecule has 0 spiro atoms. The maximum Gasteiger partial charge on any atom is 0.188 e. The van der Waals surface area contributed by atoms with Crippen LogP contribution in [0.2, 0.25) is 5.02 Å². The highest BCUT2D eigenvalue weighted by Gasteiger charge is 2.30. The summed E-state index contributed by atoms with van der Waals surface area (Å²) in [6.07, 6.45) is 18.0. The Balaban J connectivity index is 0.000000118. The number of halogens is 1. The van der Waals surface area contributed by atoms with Gasteiger partial charge in [-0.2, -0.15) is 5.10 Å². The Morgan fingerprint density at radius 3 is 1.20 bits per heavy atom. The zero-order valence-electron chi connectivity index (χ0n) is 81.3. The summed E-state index contributed by atoms with van der Waals surface area (Å²) in [7, 11) is 3.50. The van der Waals surface area contributed by atoms with Gasteiger partial charge in [0.05, 0.1) is 140 Å². The molecule has 0 amide bonds. The molecular weight excluding hydrogens is 1870 g/mol. The number of fused-ring (bicyclic) bond motifs is 7. The van der Waals surface area contributed by atoms with E-state index in [0.717, 1.165) is 203 Å². The maximum atomic E-state index is 13.6. The minimum Gasteiger partial charge on any atom is -0.497 e. The molecule has 0 saturated carbocycles. The standard InChI is InChI=1S/C26H24N4O.C25H23N5O2.C21H17ClN2O3S2.C21H20N4O.C19H16N4OS/c1-16-5-8-20(9-6-16)25-21(30-15-18(3)7-10-23(30)28-25)14-22(31)26-19(4)27-24-13-17(2)11-12-29(24)26;1-15-5-10-23-28-24(18-6-8-19(32-4)9-7-18)21(29(23)14-15)12-22(31)20-13-26-30-17(3)11-16(2)27-25(20)30;1-12-3-6-14(7-4-12)20-15(24-10-13(2)5-8-18(24)23-20)9-16(25)21-19(22)17(11-28-21)29(26)27;1-14-4-7-16(8-5-14)21-18(10-19(26)17-12-24(3)13-22-17)25-11-15(2)6-9-20(25)23-21;1-12-8-9-17-20-18(14-6-4-3-5-7-14)15(23(17)11-12)10-16(24)19-13(2)21-22-25-19/h5-13,15H,14H2,1-4H3;5-11,13-14H,12H2,1-4H3;3-8,10-11H,9H2,1-2H3,(H,26,27);4-9,11-13H,10H2,1-3H3;3-9,11H,10H2,1-2H3. The number of ketones is 5. The molecule has 0 fully saturated rings. The van der Waals surface area contributed by atoms with Crippen LogP contribution in [0, 0.1) is 90.0 Å². The molecule has 22 aromatic rings. The molecule has 22 rings (SSSR count). The molecule has 0 aliphatic rings. The van der Waals surface area contributed by atoms with Crippen molar-refractivity contribution in [3.8, 4) is 62.0 Å². The molecule has 1 unspecified atom stereocenters. The van der Waals surface area contributed by atoms with Gasteiger partial charge < -0.3 is 35.9 Å². The highest BCUT2D eigenvalue weighted by Crippen LogP contribution is 2.37. The molecule has 0 aliphatic carbocycles. The summed E-state index contributed by atoms with van der Waals surface area (Å²) < 4.78 is 45.2. The fourth-order valence-corrected chi connectivity index (χ4v) is 20.1. The smallest absolute Gasteiger partial charge is 0.188 e. The molecule has 0 bridgehead atoms. The third-order valence-electron chi connectivity index (χ3n) is 24.7. The van der Waals surface area contributed by atoms with Crippen molar-refractivity contribution < 1.29 is 37.5 Å². The highest BCUT2D eigenvalue weighted by atomic mass is 35.5. The Hall–Kier alpha value is -16.1. The molecule has 1 atom stereocenters. The lowest BCUT2D eigenvalue weighted by atomic mass is 10.0. The first-order valence-corrected chi connectivity index (χ1v) is 49.3. The predicted molar refractivity (Wildman–Crippen MR) is 561 cm³/mol. The summed E-state index contributed by atoms with van der Waals surface area (Å²) in [5.41, 5.74) is 33.7. The SMILES string of the molecule is COc1ccc(-c2nc3ccc(C)cn3c2CC(=O)c2cnn3c(C)cc(C)nc23)cc1.Cc1ccc(-c2nc3ccc(C)cn3c2CC(=O)c2c(C)nc3cc(C)ccn23)cc1.Cc1ccc(-c2nc3ccc(C)cn3c2CC(=O)c2cn(C)cn2)cc1.Cc1ccc(-c2nc3ccc(C)cn3c2CC(=O)c2scc(S(=O)O)c2Cl)cc1.Cc1ccc2nc(-c3ccccc3)c(CC(=O)c3snnc3C)n2c1. The van der Waals surface area contributed by atoms with Crippen LogP contribution in [0.3, 0.4) is 0 Å². The Morgan fingerprint density at radius 2 is 0.804 bits per heavy atom. The molecule has 31 heteroatoms. The van der Waals surface area contributed by atoms with Crippen molar-refractivity contribution in [3.63, 3.8) is 0 Å². The number of methoxy groups -OCH3 is 1. The van der Waals surface area contributed by atoms with Gasteiger partial charge in [0.25, 0.3) is 0 Å². The number of thiophene rings is 1. The van der Waals surface area contributed by atoms with Crippen LogP contribution in [0.4, 0.5) is 0 Å². The first-order valence-electron chi connectivity index (χ1n) is 46.2.